The average Bonchev–Trinajstić information content (AvgIpc) is 3.07. The molecule has 0 saturated carbocycles. The van der Waals surface area contributed by atoms with Crippen molar-refractivity contribution < 1.29 is 17.2 Å². The SMILES string of the molecule is Cc1cccn2cc(-c3cccc(NS(=O)(=O)c4c(F)cccc4F)c3)nc12. The molecule has 0 aliphatic carbocycles. The Hall–Kier alpha value is -3.26. The Morgan fingerprint density at radius 2 is 1.71 bits per heavy atom. The summed E-state index contributed by atoms with van der Waals surface area (Å²) in [5.74, 6) is -2.31. The number of aryl methyl sites for hydroxylation is 1. The van der Waals surface area contributed by atoms with Gasteiger partial charge >= 0.3 is 0 Å². The van der Waals surface area contributed by atoms with Crippen LogP contribution in [-0.2, 0) is 10.0 Å². The number of imidazole rings is 1. The van der Waals surface area contributed by atoms with Crippen molar-refractivity contribution in [3.05, 3.63) is 84.2 Å². The highest BCUT2D eigenvalue weighted by Crippen LogP contribution is 2.26. The minimum absolute atomic E-state index is 0.175. The number of hydrogen-bond acceptors (Lipinski definition) is 3. The maximum Gasteiger partial charge on any atom is 0.267 e. The zero-order chi connectivity index (χ0) is 19.9. The largest absolute Gasteiger partial charge is 0.306 e. The molecule has 8 heteroatoms. The number of nitrogens with one attached hydrogen (secondary N) is 1. The monoisotopic (exact) mass is 399 g/mol. The van der Waals surface area contributed by atoms with E-state index in [1.165, 1.54) is 6.07 Å². The van der Waals surface area contributed by atoms with Crippen LogP contribution in [0.2, 0.25) is 0 Å². The molecule has 0 aliphatic heterocycles. The van der Waals surface area contributed by atoms with E-state index in [1.54, 1.807) is 18.2 Å². The van der Waals surface area contributed by atoms with Crippen LogP contribution >= 0.6 is 0 Å². The summed E-state index contributed by atoms with van der Waals surface area (Å²) in [5.41, 5.74) is 3.27. The van der Waals surface area contributed by atoms with Crippen molar-refractivity contribution >= 4 is 21.4 Å². The number of anilines is 1. The lowest BCUT2D eigenvalue weighted by Gasteiger charge is -2.10. The molecule has 1 N–H and O–H groups in total. The van der Waals surface area contributed by atoms with Crippen LogP contribution in [0, 0.1) is 18.6 Å². The fourth-order valence-electron chi connectivity index (χ4n) is 2.98. The lowest BCUT2D eigenvalue weighted by Crippen LogP contribution is -2.16. The molecule has 2 aromatic carbocycles. The van der Waals surface area contributed by atoms with Crippen LogP contribution in [0.25, 0.3) is 16.9 Å². The fraction of sp³-hybridized carbons (Fsp3) is 0.0500. The van der Waals surface area contributed by atoms with Crippen molar-refractivity contribution in [1.82, 2.24) is 9.38 Å². The van der Waals surface area contributed by atoms with Crippen molar-refractivity contribution in [3.8, 4) is 11.3 Å². The number of fused-ring (bicyclic) bond motifs is 1. The van der Waals surface area contributed by atoms with Crippen LogP contribution in [0.15, 0.2) is 71.9 Å². The second-order valence-electron chi connectivity index (χ2n) is 6.29. The van der Waals surface area contributed by atoms with Crippen molar-refractivity contribution in [2.24, 2.45) is 0 Å². The summed E-state index contributed by atoms with van der Waals surface area (Å²) in [6, 6.07) is 13.2. The predicted molar refractivity (Wildman–Crippen MR) is 103 cm³/mol. The first-order chi connectivity index (χ1) is 13.3. The molecule has 0 saturated heterocycles. The predicted octanol–water partition coefficient (Wildman–Crippen LogP) is 4.39. The minimum atomic E-state index is -4.43. The lowest BCUT2D eigenvalue weighted by molar-refractivity contribution is 0.521. The average molecular weight is 399 g/mol. The third-order valence-corrected chi connectivity index (χ3v) is 5.71. The van der Waals surface area contributed by atoms with E-state index in [2.05, 4.69) is 9.71 Å². The van der Waals surface area contributed by atoms with Crippen LogP contribution in [0.4, 0.5) is 14.5 Å². The van der Waals surface area contributed by atoms with Crippen LogP contribution in [0.5, 0.6) is 0 Å². The molecule has 0 atom stereocenters. The van der Waals surface area contributed by atoms with Gasteiger partial charge in [-0.05, 0) is 42.8 Å². The first kappa shape index (κ1) is 18.1. The summed E-state index contributed by atoms with van der Waals surface area (Å²) in [7, 11) is -4.43. The Bertz CT molecular complexity index is 1280. The number of hydrogen-bond donors (Lipinski definition) is 1. The number of rotatable bonds is 4. The molecule has 5 nitrogen and oxygen atoms in total. The Kier molecular flexibility index (Phi) is 4.35. The molecule has 0 fully saturated rings. The van der Waals surface area contributed by atoms with E-state index in [0.29, 0.717) is 11.3 Å². The number of pyridine rings is 1. The van der Waals surface area contributed by atoms with Crippen molar-refractivity contribution in [3.63, 3.8) is 0 Å². The first-order valence-electron chi connectivity index (χ1n) is 8.37. The van der Waals surface area contributed by atoms with Gasteiger partial charge in [0.25, 0.3) is 10.0 Å². The van der Waals surface area contributed by atoms with Gasteiger partial charge in [-0.15, -0.1) is 0 Å². The summed E-state index contributed by atoms with van der Waals surface area (Å²) in [6.45, 7) is 1.94. The van der Waals surface area contributed by atoms with Gasteiger partial charge in [0.15, 0.2) is 4.90 Å². The Morgan fingerprint density at radius 3 is 2.43 bits per heavy atom. The van der Waals surface area contributed by atoms with E-state index >= 15 is 0 Å². The molecular formula is C20H15F2N3O2S. The topological polar surface area (TPSA) is 63.5 Å². The van der Waals surface area contributed by atoms with Gasteiger partial charge in [0, 0.05) is 23.6 Å². The summed E-state index contributed by atoms with van der Waals surface area (Å²) in [5, 5.41) is 0. The molecule has 4 rings (SSSR count). The van der Waals surface area contributed by atoms with Gasteiger partial charge in [0.1, 0.15) is 17.3 Å². The highest BCUT2D eigenvalue weighted by atomic mass is 32.2. The smallest absolute Gasteiger partial charge is 0.267 e. The number of halogens is 2. The molecule has 2 heterocycles. The summed E-state index contributed by atoms with van der Waals surface area (Å²) in [4.78, 5) is 3.56. The normalized spacial score (nSPS) is 11.7. The molecule has 0 amide bonds. The molecule has 4 aromatic rings. The summed E-state index contributed by atoms with van der Waals surface area (Å²) in [6.07, 6.45) is 3.69. The van der Waals surface area contributed by atoms with Gasteiger partial charge < -0.3 is 4.40 Å². The molecule has 2 aromatic heterocycles. The van der Waals surface area contributed by atoms with Crippen LogP contribution in [0.1, 0.15) is 5.56 Å². The van der Waals surface area contributed by atoms with Crippen LogP contribution in [0.3, 0.4) is 0 Å². The van der Waals surface area contributed by atoms with Gasteiger partial charge in [0.2, 0.25) is 0 Å². The van der Waals surface area contributed by atoms with Gasteiger partial charge in [-0.3, -0.25) is 4.72 Å². The zero-order valence-corrected chi connectivity index (χ0v) is 15.5. The van der Waals surface area contributed by atoms with Crippen LogP contribution < -0.4 is 4.72 Å². The lowest BCUT2D eigenvalue weighted by atomic mass is 10.1. The highest BCUT2D eigenvalue weighted by Gasteiger charge is 2.24. The van der Waals surface area contributed by atoms with Crippen molar-refractivity contribution in [2.75, 3.05) is 4.72 Å². The van der Waals surface area contributed by atoms with Gasteiger partial charge in [-0.2, -0.15) is 0 Å². The third kappa shape index (κ3) is 3.22. The molecule has 0 aliphatic rings. The van der Waals surface area contributed by atoms with Gasteiger partial charge in [-0.25, -0.2) is 22.2 Å². The molecule has 142 valence electrons. The van der Waals surface area contributed by atoms with E-state index in [1.807, 2.05) is 35.9 Å². The van der Waals surface area contributed by atoms with E-state index in [-0.39, 0.29) is 5.69 Å². The van der Waals surface area contributed by atoms with Gasteiger partial charge in [0.05, 0.1) is 5.69 Å². The summed E-state index contributed by atoms with van der Waals surface area (Å²) < 4.78 is 56.8. The maximum absolute atomic E-state index is 13.9. The standard InChI is InChI=1S/C20H15F2N3O2S/c1-13-5-4-10-25-12-18(23-20(13)25)14-6-2-7-15(11-14)24-28(26,27)19-16(21)8-3-9-17(19)22/h2-12,24H,1H3. The summed E-state index contributed by atoms with van der Waals surface area (Å²) >= 11 is 0. The number of nitrogens with zero attached hydrogens (tertiary/aromatic N) is 2. The second kappa shape index (κ2) is 6.72. The molecule has 28 heavy (non-hydrogen) atoms. The third-order valence-electron chi connectivity index (χ3n) is 4.28. The first-order valence-corrected chi connectivity index (χ1v) is 9.85. The van der Waals surface area contributed by atoms with Crippen molar-refractivity contribution in [2.45, 2.75) is 11.8 Å². The number of benzene rings is 2. The Labute approximate surface area is 160 Å². The van der Waals surface area contributed by atoms with Crippen LogP contribution in [-0.4, -0.2) is 17.8 Å². The highest BCUT2D eigenvalue weighted by molar-refractivity contribution is 7.92. The minimum Gasteiger partial charge on any atom is -0.306 e. The second-order valence-corrected chi connectivity index (χ2v) is 7.90. The Balaban J connectivity index is 1.72. The Morgan fingerprint density at radius 1 is 1.00 bits per heavy atom. The van der Waals surface area contributed by atoms with E-state index in [4.69, 9.17) is 0 Å². The number of aromatic nitrogens is 2. The van der Waals surface area contributed by atoms with Crippen molar-refractivity contribution in [1.29, 1.82) is 0 Å². The van der Waals surface area contributed by atoms with E-state index in [0.717, 1.165) is 29.4 Å². The molecule has 0 unspecified atom stereocenters. The van der Waals surface area contributed by atoms with E-state index < -0.39 is 26.6 Å². The van der Waals surface area contributed by atoms with Gasteiger partial charge in [-0.1, -0.05) is 24.3 Å². The van der Waals surface area contributed by atoms with E-state index in [9.17, 15) is 17.2 Å². The molecular weight excluding hydrogens is 384 g/mol. The fourth-order valence-corrected chi connectivity index (χ4v) is 4.17. The maximum atomic E-state index is 13.9. The zero-order valence-electron chi connectivity index (χ0n) is 14.7. The molecule has 0 spiro atoms. The molecule has 0 radical (unpaired) electrons. The molecule has 0 bridgehead atoms. The number of sulfonamides is 1. The quantitative estimate of drug-likeness (QED) is 0.554.